The molecule has 0 heterocycles. The van der Waals surface area contributed by atoms with E-state index in [9.17, 15) is 0 Å². The van der Waals surface area contributed by atoms with E-state index in [1.54, 1.807) is 0 Å². The van der Waals surface area contributed by atoms with Crippen LogP contribution in [0.3, 0.4) is 0 Å². The smallest absolute Gasteiger partial charge is 0.450 e. The van der Waals surface area contributed by atoms with E-state index in [1.165, 1.54) is 32.1 Å². The minimum atomic E-state index is -1.83. The van der Waals surface area contributed by atoms with Crippen molar-refractivity contribution in [1.82, 2.24) is 0 Å². The monoisotopic (exact) mass is 305 g/mol. The van der Waals surface area contributed by atoms with Crippen molar-refractivity contribution in [3.63, 3.8) is 0 Å². The van der Waals surface area contributed by atoms with E-state index in [2.05, 4.69) is 6.42 Å². The average molecular weight is 303 g/mol. The van der Waals surface area contributed by atoms with Crippen LogP contribution in [0.25, 0.3) is 0 Å². The van der Waals surface area contributed by atoms with Gasteiger partial charge in [-0.05, 0) is 0 Å². The van der Waals surface area contributed by atoms with Crippen LogP contribution < -0.4 is 0 Å². The molecule has 1 fully saturated rings. The first-order valence-corrected chi connectivity index (χ1v) is 4.12. The van der Waals surface area contributed by atoms with Crippen molar-refractivity contribution < 1.29 is 51.1 Å². The second-order valence-electron chi connectivity index (χ2n) is 2.49. The molecule has 1 saturated carbocycles. The van der Waals surface area contributed by atoms with Crippen LogP contribution in [0.1, 0.15) is 32.1 Å². The summed E-state index contributed by atoms with van der Waals surface area (Å²) in [4.78, 5) is 17.1. The summed E-state index contributed by atoms with van der Waals surface area (Å²) in [6.07, 6.45) is 5.83. The average Bonchev–Trinajstić information content (AvgIpc) is 2.05. The van der Waals surface area contributed by atoms with Gasteiger partial charge < -0.3 is 26.8 Å². The van der Waals surface area contributed by atoms with Crippen molar-refractivity contribution in [3.8, 4) is 0 Å². The van der Waals surface area contributed by atoms with Gasteiger partial charge in [0.05, 0.1) is 0 Å². The summed E-state index contributed by atoms with van der Waals surface area (Å²) in [5.41, 5.74) is 0. The fourth-order valence-corrected chi connectivity index (χ4v) is 0.898. The van der Waals surface area contributed by atoms with Crippen molar-refractivity contribution in [1.29, 1.82) is 0 Å². The van der Waals surface area contributed by atoms with Crippen LogP contribution in [-0.2, 0) is 21.1 Å². The van der Waals surface area contributed by atoms with Gasteiger partial charge in [0, 0.05) is 21.1 Å². The zero-order valence-corrected chi connectivity index (χ0v) is 10.1. The Hall–Kier alpha value is -0.772. The van der Waals surface area contributed by atoms with Gasteiger partial charge in [-0.15, -0.1) is 0 Å². The first-order chi connectivity index (χ1) is 6.46. The SMILES string of the molecule is O=C(O)O.O=C(O)O.[CH-]1CCCCC1.[Mo]. The van der Waals surface area contributed by atoms with Crippen LogP contribution in [0.4, 0.5) is 9.59 Å². The van der Waals surface area contributed by atoms with Crippen LogP contribution in [0.2, 0.25) is 0 Å². The zero-order chi connectivity index (χ0) is 11.4. The predicted molar refractivity (Wildman–Crippen MR) is 48.7 cm³/mol. The Labute approximate surface area is 102 Å². The van der Waals surface area contributed by atoms with Gasteiger partial charge in [-0.25, -0.2) is 9.59 Å². The van der Waals surface area contributed by atoms with Gasteiger partial charge in [-0.2, -0.15) is 12.8 Å². The zero-order valence-electron chi connectivity index (χ0n) is 8.13. The van der Waals surface area contributed by atoms with Crippen LogP contribution in [-0.4, -0.2) is 32.7 Å². The van der Waals surface area contributed by atoms with E-state index in [4.69, 9.17) is 30.0 Å². The number of carbonyl (C=O) groups is 2. The Morgan fingerprint density at radius 3 is 1.13 bits per heavy atom. The first kappa shape index (κ1) is 19.7. The van der Waals surface area contributed by atoms with Crippen LogP contribution in [0.15, 0.2) is 0 Å². The maximum atomic E-state index is 8.56. The molecule has 0 aromatic heterocycles. The van der Waals surface area contributed by atoms with E-state index in [0.717, 1.165) is 0 Å². The Bertz CT molecular complexity index is 126. The number of hydrogen-bond acceptors (Lipinski definition) is 2. The molecule has 1 aliphatic rings. The molecule has 0 atom stereocenters. The summed E-state index contributed by atoms with van der Waals surface area (Å²) < 4.78 is 0. The number of carboxylic acid groups (broad SMARTS) is 4. The molecule has 0 spiro atoms. The van der Waals surface area contributed by atoms with E-state index >= 15 is 0 Å². The largest absolute Gasteiger partial charge is 0.503 e. The molecule has 0 aliphatic heterocycles. The third-order valence-electron chi connectivity index (χ3n) is 1.32. The molecule has 0 amide bonds. The van der Waals surface area contributed by atoms with Crippen molar-refractivity contribution in [3.05, 3.63) is 6.42 Å². The molecular formula is C8H15MoO6-. The molecule has 15 heavy (non-hydrogen) atoms. The summed E-state index contributed by atoms with van der Waals surface area (Å²) in [5.74, 6) is 0. The van der Waals surface area contributed by atoms with E-state index < -0.39 is 12.3 Å². The molecule has 0 unspecified atom stereocenters. The quantitative estimate of drug-likeness (QED) is 0.404. The molecule has 4 N–H and O–H groups in total. The first-order valence-electron chi connectivity index (χ1n) is 4.12. The van der Waals surface area contributed by atoms with Gasteiger partial charge in [0.1, 0.15) is 0 Å². The predicted octanol–water partition coefficient (Wildman–Crippen LogP) is 2.60. The molecular weight excluding hydrogens is 288 g/mol. The van der Waals surface area contributed by atoms with Crippen molar-refractivity contribution >= 4 is 12.3 Å². The number of hydrogen-bond donors (Lipinski definition) is 4. The molecule has 6 nitrogen and oxygen atoms in total. The Balaban J connectivity index is -0.000000145. The summed E-state index contributed by atoms with van der Waals surface area (Å²) in [6, 6.07) is 0. The molecule has 0 radical (unpaired) electrons. The van der Waals surface area contributed by atoms with Crippen molar-refractivity contribution in [2.24, 2.45) is 0 Å². The Morgan fingerprint density at radius 2 is 1.07 bits per heavy atom. The standard InChI is InChI=1S/C6H11.2CH2O3.Mo/c1-2-4-6-5-3-1;2*2-1(3)4;/h1H,2-6H2;2*(H2,2,3,4);/q-1;;;. The molecule has 90 valence electrons. The third kappa shape index (κ3) is 61.0. The fourth-order valence-electron chi connectivity index (χ4n) is 0.898. The Morgan fingerprint density at radius 1 is 0.800 bits per heavy atom. The van der Waals surface area contributed by atoms with Gasteiger partial charge >= 0.3 is 12.3 Å². The molecule has 1 rings (SSSR count). The summed E-state index contributed by atoms with van der Waals surface area (Å²) in [5, 5.41) is 27.9. The van der Waals surface area contributed by atoms with E-state index in [-0.39, 0.29) is 21.1 Å². The molecule has 0 aromatic rings. The molecule has 0 aromatic carbocycles. The summed E-state index contributed by atoms with van der Waals surface area (Å²) >= 11 is 0. The maximum Gasteiger partial charge on any atom is 0.503 e. The van der Waals surface area contributed by atoms with Crippen LogP contribution in [0.5, 0.6) is 0 Å². The van der Waals surface area contributed by atoms with Gasteiger partial charge in [0.15, 0.2) is 0 Å². The van der Waals surface area contributed by atoms with Gasteiger partial charge in [0.2, 0.25) is 0 Å². The van der Waals surface area contributed by atoms with E-state index in [1.807, 2.05) is 0 Å². The minimum Gasteiger partial charge on any atom is -0.450 e. The number of rotatable bonds is 0. The van der Waals surface area contributed by atoms with E-state index in [0.29, 0.717) is 0 Å². The topological polar surface area (TPSA) is 115 Å². The second kappa shape index (κ2) is 15.7. The molecule has 7 heteroatoms. The Kier molecular flexibility index (Phi) is 20.7. The van der Waals surface area contributed by atoms with Crippen molar-refractivity contribution in [2.45, 2.75) is 32.1 Å². The molecule has 1 aliphatic carbocycles. The minimum absolute atomic E-state index is 0. The van der Waals surface area contributed by atoms with Gasteiger partial charge in [-0.1, -0.05) is 19.3 Å². The fraction of sp³-hybridized carbons (Fsp3) is 0.625. The van der Waals surface area contributed by atoms with Gasteiger partial charge in [-0.3, -0.25) is 0 Å². The maximum absolute atomic E-state index is 8.56. The second-order valence-corrected chi connectivity index (χ2v) is 2.49. The van der Waals surface area contributed by atoms with Crippen molar-refractivity contribution in [2.75, 3.05) is 0 Å². The van der Waals surface area contributed by atoms with Gasteiger partial charge in [0.25, 0.3) is 0 Å². The normalized spacial score (nSPS) is 12.8. The van der Waals surface area contributed by atoms with Crippen LogP contribution in [0, 0.1) is 6.42 Å². The third-order valence-corrected chi connectivity index (χ3v) is 1.32. The molecule has 0 saturated heterocycles. The molecule has 0 bridgehead atoms. The summed E-state index contributed by atoms with van der Waals surface area (Å²) in [6.45, 7) is 0. The summed E-state index contributed by atoms with van der Waals surface area (Å²) in [7, 11) is 0. The van der Waals surface area contributed by atoms with Crippen LogP contribution >= 0.6 is 0 Å².